The maximum atomic E-state index is 7.01. The third-order valence-electron chi connectivity index (χ3n) is 10.8. The van der Waals surface area contributed by atoms with E-state index in [9.17, 15) is 0 Å². The van der Waals surface area contributed by atoms with Crippen molar-refractivity contribution in [2.24, 2.45) is 5.73 Å². The summed E-state index contributed by atoms with van der Waals surface area (Å²) in [5.41, 5.74) is 19.8. The topological polar surface area (TPSA) is 53.3 Å². The van der Waals surface area contributed by atoms with Gasteiger partial charge in [0.2, 0.25) is 0 Å². The molecule has 4 unspecified atom stereocenters. The van der Waals surface area contributed by atoms with Gasteiger partial charge in [-0.05, 0) is 82.1 Å². The molecule has 0 heterocycles. The van der Waals surface area contributed by atoms with Crippen LogP contribution in [0, 0.1) is 12.3 Å². The van der Waals surface area contributed by atoms with Crippen molar-refractivity contribution >= 4 is 11.1 Å². The first-order valence-corrected chi connectivity index (χ1v) is 21.4. The van der Waals surface area contributed by atoms with Crippen molar-refractivity contribution in [2.45, 2.75) is 65.1 Å². The number of allylic oxidation sites excluding steroid dienone is 5. The Morgan fingerprint density at radius 1 is 0.689 bits per heavy atom. The highest BCUT2D eigenvalue weighted by molar-refractivity contribution is 5.71. The average molecular weight is 803 g/mol. The molecule has 6 rings (SSSR count). The third-order valence-corrected chi connectivity index (χ3v) is 10.8. The predicted molar refractivity (Wildman–Crippen MR) is 263 cm³/mol. The van der Waals surface area contributed by atoms with E-state index in [2.05, 4.69) is 219 Å². The van der Waals surface area contributed by atoms with E-state index in [4.69, 9.17) is 12.2 Å². The smallest absolute Gasteiger partial charge is 0.0875 e. The molecule has 0 aliphatic heterocycles. The largest absolute Gasteiger partial charge is 0.312 e. The molecule has 0 aliphatic rings. The van der Waals surface area contributed by atoms with Gasteiger partial charge in [-0.2, -0.15) is 0 Å². The number of benzene rings is 6. The third kappa shape index (κ3) is 13.1. The second-order valence-electron chi connectivity index (χ2n) is 14.9. The average Bonchev–Trinajstić information content (AvgIpc) is 3.32. The second kappa shape index (κ2) is 24.1. The fraction of sp³-hybridized carbons (Fsp3) is 0.193. The molecule has 310 valence electrons. The number of nitrogens with one attached hydrogen (secondary N) is 2. The maximum Gasteiger partial charge on any atom is 0.0875 e. The standard InChI is InChI=1S/C55H56N4.C2H6/c1-6-18-52(58-42(4)53(19-7-2)49-25-15-10-16-26-49)27-17-20-41(3)44-30-28-43(29-31-44)40-57-55(51-38-34-48(35-39-51)46-23-13-9-14-24-46)59(5)54(56)50-36-32-47(33-37-50)45-21-11-8-12-22-45;1-2/h1,7-17,19-39,42,52,54-55,57-58H,2,18,40,56H2,3-5H3;1-2H3/b27-17+,41-20+,53-19+;. The van der Waals surface area contributed by atoms with Gasteiger partial charge in [0.25, 0.3) is 0 Å². The van der Waals surface area contributed by atoms with E-state index in [-0.39, 0.29) is 24.4 Å². The normalized spacial score (nSPS) is 13.7. The SMILES string of the molecule is C#CCC(/C=C/C=C(\C)c1ccc(CNC(c2ccc(-c3ccccc3)cc2)N(C)C(N)c2ccc(-c3ccccc3)cc2)cc1)NC(C)/C(=C\C=C)c1ccccc1.CC. The van der Waals surface area contributed by atoms with Gasteiger partial charge in [-0.1, -0.05) is 215 Å². The zero-order valence-corrected chi connectivity index (χ0v) is 36.5. The summed E-state index contributed by atoms with van der Waals surface area (Å²) in [7, 11) is 2.09. The molecule has 0 bridgehead atoms. The van der Waals surface area contributed by atoms with Crippen LogP contribution in [0.5, 0.6) is 0 Å². The molecule has 0 saturated heterocycles. The van der Waals surface area contributed by atoms with Crippen molar-refractivity contribution in [3.63, 3.8) is 0 Å². The molecule has 0 aliphatic carbocycles. The molecule has 0 amide bonds. The van der Waals surface area contributed by atoms with Crippen LogP contribution in [0.15, 0.2) is 201 Å². The van der Waals surface area contributed by atoms with Gasteiger partial charge in [0.1, 0.15) is 0 Å². The molecule has 0 saturated carbocycles. The molecule has 6 aromatic rings. The van der Waals surface area contributed by atoms with Crippen LogP contribution in [0.4, 0.5) is 0 Å². The van der Waals surface area contributed by atoms with Gasteiger partial charge in [0.05, 0.1) is 12.3 Å². The quantitative estimate of drug-likeness (QED) is 0.0460. The van der Waals surface area contributed by atoms with Gasteiger partial charge >= 0.3 is 0 Å². The first-order chi connectivity index (χ1) is 29.8. The second-order valence-corrected chi connectivity index (χ2v) is 14.9. The lowest BCUT2D eigenvalue weighted by molar-refractivity contribution is 0.146. The number of nitrogens with zero attached hydrogens (tertiary/aromatic N) is 1. The van der Waals surface area contributed by atoms with Crippen molar-refractivity contribution in [2.75, 3.05) is 7.05 Å². The van der Waals surface area contributed by atoms with E-state index in [0.717, 1.165) is 11.1 Å². The molecule has 0 fully saturated rings. The summed E-state index contributed by atoms with van der Waals surface area (Å²) in [6, 6.07) is 57.5. The fourth-order valence-corrected chi connectivity index (χ4v) is 7.38. The van der Waals surface area contributed by atoms with Crippen molar-refractivity contribution in [3.05, 3.63) is 229 Å². The molecule has 0 radical (unpaired) electrons. The van der Waals surface area contributed by atoms with Gasteiger partial charge in [0.15, 0.2) is 0 Å². The number of rotatable bonds is 18. The molecule has 0 spiro atoms. The van der Waals surface area contributed by atoms with E-state index in [0.29, 0.717) is 13.0 Å². The zero-order valence-electron chi connectivity index (χ0n) is 36.5. The summed E-state index contributed by atoms with van der Waals surface area (Å²) < 4.78 is 0. The van der Waals surface area contributed by atoms with Gasteiger partial charge in [-0.15, -0.1) is 12.3 Å². The molecule has 4 N–H and O–H groups in total. The Morgan fingerprint density at radius 2 is 1.20 bits per heavy atom. The summed E-state index contributed by atoms with van der Waals surface area (Å²) in [4.78, 5) is 2.21. The molecule has 4 nitrogen and oxygen atoms in total. The van der Waals surface area contributed by atoms with Crippen molar-refractivity contribution in [3.8, 4) is 34.6 Å². The summed E-state index contributed by atoms with van der Waals surface area (Å²) in [6.45, 7) is 12.9. The fourth-order valence-electron chi connectivity index (χ4n) is 7.38. The maximum absolute atomic E-state index is 7.01. The Bertz CT molecular complexity index is 2340. The Hall–Kier alpha value is -6.32. The van der Waals surface area contributed by atoms with Crippen LogP contribution in [0.25, 0.3) is 33.4 Å². The number of hydrogen-bond donors (Lipinski definition) is 3. The van der Waals surface area contributed by atoms with E-state index < -0.39 is 0 Å². The highest BCUT2D eigenvalue weighted by Gasteiger charge is 2.23. The lowest BCUT2D eigenvalue weighted by atomic mass is 9.98. The van der Waals surface area contributed by atoms with E-state index >= 15 is 0 Å². The van der Waals surface area contributed by atoms with Crippen LogP contribution in [0.1, 0.15) is 74.3 Å². The molecular weight excluding hydrogens is 741 g/mol. The highest BCUT2D eigenvalue weighted by atomic mass is 15.3. The van der Waals surface area contributed by atoms with Crippen molar-refractivity contribution in [1.82, 2.24) is 15.5 Å². The van der Waals surface area contributed by atoms with Crippen LogP contribution in [0.2, 0.25) is 0 Å². The Morgan fingerprint density at radius 3 is 1.72 bits per heavy atom. The summed E-state index contributed by atoms with van der Waals surface area (Å²) in [5, 5.41) is 7.54. The first-order valence-electron chi connectivity index (χ1n) is 21.4. The predicted octanol–water partition coefficient (Wildman–Crippen LogP) is 13.0. The molecule has 0 aromatic heterocycles. The molecule has 61 heavy (non-hydrogen) atoms. The molecule has 4 heteroatoms. The molecule has 4 atom stereocenters. The van der Waals surface area contributed by atoms with Gasteiger partial charge < -0.3 is 11.1 Å². The van der Waals surface area contributed by atoms with E-state index in [1.165, 1.54) is 50.1 Å². The van der Waals surface area contributed by atoms with Gasteiger partial charge in [-0.25, -0.2) is 0 Å². The zero-order chi connectivity index (χ0) is 43.4. The van der Waals surface area contributed by atoms with Crippen molar-refractivity contribution in [1.29, 1.82) is 0 Å². The van der Waals surface area contributed by atoms with Gasteiger partial charge in [0, 0.05) is 25.0 Å². The first kappa shape index (κ1) is 45.8. The van der Waals surface area contributed by atoms with Crippen LogP contribution in [0.3, 0.4) is 0 Å². The Kier molecular flexibility index (Phi) is 18.1. The van der Waals surface area contributed by atoms with E-state index in [1.54, 1.807) is 0 Å². The Labute approximate surface area is 366 Å². The summed E-state index contributed by atoms with van der Waals surface area (Å²) in [5.74, 6) is 2.84. The molecular formula is C57H62N4. The van der Waals surface area contributed by atoms with Crippen LogP contribution < -0.4 is 16.4 Å². The monoisotopic (exact) mass is 802 g/mol. The minimum atomic E-state index is -0.331. The van der Waals surface area contributed by atoms with Crippen LogP contribution in [-0.2, 0) is 6.54 Å². The minimum absolute atomic E-state index is 0.0202. The van der Waals surface area contributed by atoms with Crippen molar-refractivity contribution < 1.29 is 0 Å². The lowest BCUT2D eigenvalue weighted by Gasteiger charge is -2.34. The number of nitrogens with two attached hydrogens (primary N) is 1. The number of hydrogen-bond acceptors (Lipinski definition) is 4. The van der Waals surface area contributed by atoms with Gasteiger partial charge in [-0.3, -0.25) is 10.2 Å². The Balaban J connectivity index is 0.00000347. The molecule has 6 aromatic carbocycles. The summed E-state index contributed by atoms with van der Waals surface area (Å²) in [6.07, 6.45) is 16.2. The summed E-state index contributed by atoms with van der Waals surface area (Å²) >= 11 is 0. The van der Waals surface area contributed by atoms with Crippen LogP contribution >= 0.6 is 0 Å². The minimum Gasteiger partial charge on any atom is -0.312 e. The number of terminal acetylenes is 1. The van der Waals surface area contributed by atoms with Crippen LogP contribution in [-0.4, -0.2) is 24.0 Å². The highest BCUT2D eigenvalue weighted by Crippen LogP contribution is 2.29. The lowest BCUT2D eigenvalue weighted by Crippen LogP contribution is -2.41. The van der Waals surface area contributed by atoms with E-state index in [1.807, 2.05) is 38.1 Å².